The molecule has 1 aromatic carbocycles. The number of benzene rings is 1. The van der Waals surface area contributed by atoms with Gasteiger partial charge in [0.2, 0.25) is 0 Å². The number of halogens is 3. The molecule has 0 radical (unpaired) electrons. The molecule has 0 aliphatic heterocycles. The summed E-state index contributed by atoms with van der Waals surface area (Å²) in [6, 6.07) is 8.09. The van der Waals surface area contributed by atoms with Crippen LogP contribution in [0.2, 0.25) is 0 Å². The van der Waals surface area contributed by atoms with Crippen molar-refractivity contribution in [3.8, 4) is 6.07 Å². The fourth-order valence-corrected chi connectivity index (χ4v) is 1.74. The number of rotatable bonds is 2. The molecule has 21 heavy (non-hydrogen) atoms. The number of aromatic nitrogens is 1. The minimum Gasteiger partial charge on any atom is -0.397 e. The highest BCUT2D eigenvalue weighted by atomic mass is 19.4. The van der Waals surface area contributed by atoms with E-state index in [0.717, 1.165) is 12.1 Å². The lowest BCUT2D eigenvalue weighted by Crippen LogP contribution is -2.08. The molecule has 2 rings (SSSR count). The number of nitrogens with two attached hydrogens (primary N) is 1. The number of hydrogen-bond acceptors (Lipinski definition) is 4. The van der Waals surface area contributed by atoms with Gasteiger partial charge < -0.3 is 11.1 Å². The first kappa shape index (κ1) is 14.7. The van der Waals surface area contributed by atoms with Gasteiger partial charge in [0, 0.05) is 5.69 Å². The van der Waals surface area contributed by atoms with Crippen molar-refractivity contribution in [1.29, 1.82) is 5.26 Å². The van der Waals surface area contributed by atoms with Crippen LogP contribution in [0.4, 0.5) is 30.4 Å². The molecular formula is C14H11F3N4. The summed E-state index contributed by atoms with van der Waals surface area (Å²) in [6.07, 6.45) is -4.59. The number of anilines is 3. The lowest BCUT2D eigenvalue weighted by molar-refractivity contribution is -0.137. The van der Waals surface area contributed by atoms with E-state index >= 15 is 0 Å². The Balaban J connectivity index is 2.37. The molecule has 0 atom stereocenters. The van der Waals surface area contributed by atoms with E-state index in [-0.39, 0.29) is 5.69 Å². The van der Waals surface area contributed by atoms with Gasteiger partial charge in [-0.2, -0.15) is 18.4 Å². The third kappa shape index (κ3) is 3.23. The predicted molar refractivity (Wildman–Crippen MR) is 72.8 cm³/mol. The molecule has 2 aromatic rings. The fourth-order valence-electron chi connectivity index (χ4n) is 1.74. The quantitative estimate of drug-likeness (QED) is 0.886. The van der Waals surface area contributed by atoms with Crippen molar-refractivity contribution in [1.82, 2.24) is 4.98 Å². The minimum atomic E-state index is -4.59. The van der Waals surface area contributed by atoms with Crippen molar-refractivity contribution >= 4 is 17.2 Å². The molecule has 0 spiro atoms. The molecule has 1 aromatic heterocycles. The van der Waals surface area contributed by atoms with Gasteiger partial charge in [-0.15, -0.1) is 0 Å². The van der Waals surface area contributed by atoms with Gasteiger partial charge in [0.15, 0.2) is 0 Å². The van der Waals surface area contributed by atoms with Crippen LogP contribution in [-0.2, 0) is 6.18 Å². The van der Waals surface area contributed by atoms with Crippen LogP contribution in [0.1, 0.15) is 16.8 Å². The third-order valence-corrected chi connectivity index (χ3v) is 2.84. The number of nitrogen functional groups attached to an aromatic ring is 1. The molecule has 108 valence electrons. The van der Waals surface area contributed by atoms with Crippen LogP contribution in [0.15, 0.2) is 30.3 Å². The van der Waals surface area contributed by atoms with E-state index in [2.05, 4.69) is 10.3 Å². The second-order valence-electron chi connectivity index (χ2n) is 4.37. The Kier molecular flexibility index (Phi) is 3.72. The molecule has 3 N–H and O–H groups in total. The summed E-state index contributed by atoms with van der Waals surface area (Å²) in [5.74, 6) is 0.375. The number of nitrogens with one attached hydrogen (secondary N) is 1. The number of pyridine rings is 1. The SMILES string of the molecule is Cc1nc(Nc2ccc(C#N)c(C(F)(F)F)c2)ccc1N. The van der Waals surface area contributed by atoms with Crippen molar-refractivity contribution in [2.24, 2.45) is 0 Å². The second kappa shape index (κ2) is 5.32. The van der Waals surface area contributed by atoms with Crippen molar-refractivity contribution in [3.63, 3.8) is 0 Å². The summed E-state index contributed by atoms with van der Waals surface area (Å²) in [6.45, 7) is 1.69. The van der Waals surface area contributed by atoms with Crippen LogP contribution >= 0.6 is 0 Å². The van der Waals surface area contributed by atoms with Gasteiger partial charge in [-0.3, -0.25) is 0 Å². The van der Waals surface area contributed by atoms with Crippen molar-refractivity contribution in [2.45, 2.75) is 13.1 Å². The molecular weight excluding hydrogens is 281 g/mol. The number of aryl methyl sites for hydroxylation is 1. The van der Waals surface area contributed by atoms with Gasteiger partial charge in [0.05, 0.1) is 28.6 Å². The van der Waals surface area contributed by atoms with E-state index in [1.165, 1.54) is 12.1 Å². The van der Waals surface area contributed by atoms with Gasteiger partial charge in [-0.1, -0.05) is 0 Å². The highest BCUT2D eigenvalue weighted by Gasteiger charge is 2.33. The first-order valence-electron chi connectivity index (χ1n) is 5.93. The van der Waals surface area contributed by atoms with Crippen LogP contribution in [0, 0.1) is 18.3 Å². The summed E-state index contributed by atoms with van der Waals surface area (Å²) in [5.41, 5.74) is 5.48. The first-order valence-corrected chi connectivity index (χ1v) is 5.93. The molecule has 0 bridgehead atoms. The average molecular weight is 292 g/mol. The Morgan fingerprint density at radius 1 is 1.24 bits per heavy atom. The standard InChI is InChI=1S/C14H11F3N4/c1-8-12(19)4-5-13(20-8)21-10-3-2-9(7-18)11(6-10)14(15,16)17/h2-6H,19H2,1H3,(H,20,21). The maximum Gasteiger partial charge on any atom is 0.417 e. The lowest BCUT2D eigenvalue weighted by atomic mass is 10.1. The van der Waals surface area contributed by atoms with E-state index in [9.17, 15) is 13.2 Å². The van der Waals surface area contributed by atoms with Gasteiger partial charge in [0.25, 0.3) is 0 Å². The van der Waals surface area contributed by atoms with E-state index in [0.29, 0.717) is 17.2 Å². The van der Waals surface area contributed by atoms with Gasteiger partial charge >= 0.3 is 6.18 Å². The fraction of sp³-hybridized carbons (Fsp3) is 0.143. The van der Waals surface area contributed by atoms with Gasteiger partial charge in [0.1, 0.15) is 5.82 Å². The lowest BCUT2D eigenvalue weighted by Gasteiger charge is -2.12. The predicted octanol–water partition coefficient (Wildman–Crippen LogP) is 3.61. The van der Waals surface area contributed by atoms with Crippen molar-refractivity contribution in [2.75, 3.05) is 11.1 Å². The zero-order chi connectivity index (χ0) is 15.6. The Morgan fingerprint density at radius 3 is 2.52 bits per heavy atom. The van der Waals surface area contributed by atoms with Crippen LogP contribution in [0.5, 0.6) is 0 Å². The molecule has 0 saturated heterocycles. The summed E-state index contributed by atoms with van der Waals surface area (Å²) >= 11 is 0. The maximum absolute atomic E-state index is 12.9. The summed E-state index contributed by atoms with van der Waals surface area (Å²) in [4.78, 5) is 4.12. The van der Waals surface area contributed by atoms with E-state index in [1.54, 1.807) is 19.1 Å². The number of hydrogen-bond donors (Lipinski definition) is 2. The highest BCUT2D eigenvalue weighted by molar-refractivity contribution is 5.61. The Morgan fingerprint density at radius 2 is 1.95 bits per heavy atom. The molecule has 0 fully saturated rings. The number of nitriles is 1. The number of nitrogens with zero attached hydrogens (tertiary/aromatic N) is 2. The maximum atomic E-state index is 12.9. The Hall–Kier alpha value is -2.75. The zero-order valence-corrected chi connectivity index (χ0v) is 11.0. The first-order chi connectivity index (χ1) is 9.81. The topological polar surface area (TPSA) is 74.7 Å². The smallest absolute Gasteiger partial charge is 0.397 e. The monoisotopic (exact) mass is 292 g/mol. The van der Waals surface area contributed by atoms with Crippen LogP contribution in [-0.4, -0.2) is 4.98 Å². The van der Waals surface area contributed by atoms with E-state index in [4.69, 9.17) is 11.0 Å². The molecule has 7 heteroatoms. The second-order valence-corrected chi connectivity index (χ2v) is 4.37. The summed E-state index contributed by atoms with van der Waals surface area (Å²) < 4.78 is 38.6. The highest BCUT2D eigenvalue weighted by Crippen LogP contribution is 2.34. The largest absolute Gasteiger partial charge is 0.417 e. The zero-order valence-electron chi connectivity index (χ0n) is 11.0. The summed E-state index contributed by atoms with van der Waals surface area (Å²) in [5, 5.41) is 11.5. The van der Waals surface area contributed by atoms with Gasteiger partial charge in [-0.25, -0.2) is 4.98 Å². The minimum absolute atomic E-state index is 0.193. The molecule has 0 saturated carbocycles. The third-order valence-electron chi connectivity index (χ3n) is 2.84. The van der Waals surface area contributed by atoms with E-state index < -0.39 is 17.3 Å². The Labute approximate surface area is 119 Å². The normalized spacial score (nSPS) is 11.0. The summed E-state index contributed by atoms with van der Waals surface area (Å²) in [7, 11) is 0. The Bertz CT molecular complexity index is 717. The van der Waals surface area contributed by atoms with Crippen LogP contribution < -0.4 is 11.1 Å². The molecule has 1 heterocycles. The molecule has 4 nitrogen and oxygen atoms in total. The average Bonchev–Trinajstić information content (AvgIpc) is 2.42. The molecule has 0 aliphatic carbocycles. The van der Waals surface area contributed by atoms with Crippen LogP contribution in [0.25, 0.3) is 0 Å². The molecule has 0 unspecified atom stereocenters. The van der Waals surface area contributed by atoms with Gasteiger partial charge in [-0.05, 0) is 37.3 Å². The van der Waals surface area contributed by atoms with Crippen molar-refractivity contribution < 1.29 is 13.2 Å². The van der Waals surface area contributed by atoms with Crippen LogP contribution in [0.3, 0.4) is 0 Å². The van der Waals surface area contributed by atoms with E-state index in [1.807, 2.05) is 0 Å². The molecule has 0 amide bonds. The molecule has 0 aliphatic rings. The van der Waals surface area contributed by atoms with Crippen molar-refractivity contribution in [3.05, 3.63) is 47.2 Å². The number of alkyl halides is 3.